The number of carboxylic acid groups (broad SMARTS) is 1. The zero-order valence-electron chi connectivity index (χ0n) is 19.8. The first-order valence-corrected chi connectivity index (χ1v) is 11.2. The maximum absolute atomic E-state index is 13.0. The number of hydrogen-bond donors (Lipinski definition) is 2. The number of carboxylic acids is 1. The van der Waals surface area contributed by atoms with E-state index in [9.17, 15) is 19.5 Å². The SMILES string of the molecule is CC(NC(=O)OCC1c2ccccc2-c2ccccc21)C(C)C(=O)N(CC(=O)O)C(C)(C)C. The molecule has 1 aliphatic carbocycles. The van der Waals surface area contributed by atoms with Gasteiger partial charge in [-0.15, -0.1) is 0 Å². The lowest BCUT2D eigenvalue weighted by molar-refractivity contribution is -0.150. The molecule has 2 N–H and O–H groups in total. The molecular formula is C26H32N2O5. The molecule has 0 bridgehead atoms. The van der Waals surface area contributed by atoms with E-state index in [1.807, 2.05) is 36.4 Å². The van der Waals surface area contributed by atoms with E-state index in [4.69, 9.17) is 4.74 Å². The first-order chi connectivity index (χ1) is 15.5. The van der Waals surface area contributed by atoms with Crippen molar-refractivity contribution in [3.63, 3.8) is 0 Å². The predicted molar refractivity (Wildman–Crippen MR) is 126 cm³/mol. The van der Waals surface area contributed by atoms with Gasteiger partial charge in [-0.3, -0.25) is 9.59 Å². The van der Waals surface area contributed by atoms with E-state index in [1.54, 1.807) is 34.6 Å². The van der Waals surface area contributed by atoms with Gasteiger partial charge in [-0.1, -0.05) is 55.5 Å². The zero-order chi connectivity index (χ0) is 24.3. The van der Waals surface area contributed by atoms with Crippen molar-refractivity contribution in [1.82, 2.24) is 10.2 Å². The molecule has 7 nitrogen and oxygen atoms in total. The molecule has 0 spiro atoms. The van der Waals surface area contributed by atoms with Crippen molar-refractivity contribution in [2.45, 2.75) is 52.1 Å². The van der Waals surface area contributed by atoms with Crippen LogP contribution in [0.25, 0.3) is 11.1 Å². The Hall–Kier alpha value is -3.35. The van der Waals surface area contributed by atoms with Crippen molar-refractivity contribution >= 4 is 18.0 Å². The van der Waals surface area contributed by atoms with Gasteiger partial charge in [-0.05, 0) is 49.9 Å². The van der Waals surface area contributed by atoms with Crippen molar-refractivity contribution in [1.29, 1.82) is 0 Å². The Morgan fingerprint density at radius 1 is 1.00 bits per heavy atom. The molecule has 3 rings (SSSR count). The number of nitrogens with one attached hydrogen (secondary N) is 1. The summed E-state index contributed by atoms with van der Waals surface area (Å²) in [6, 6.07) is 15.7. The molecule has 176 valence electrons. The molecule has 0 aromatic heterocycles. The third-order valence-corrected chi connectivity index (χ3v) is 6.20. The van der Waals surface area contributed by atoms with Gasteiger partial charge in [0.15, 0.2) is 0 Å². The summed E-state index contributed by atoms with van der Waals surface area (Å²) in [5.74, 6) is -2.09. The molecule has 0 aliphatic heterocycles. The van der Waals surface area contributed by atoms with Crippen LogP contribution in [0.2, 0.25) is 0 Å². The van der Waals surface area contributed by atoms with Crippen molar-refractivity contribution < 1.29 is 24.2 Å². The van der Waals surface area contributed by atoms with Crippen LogP contribution in [0.5, 0.6) is 0 Å². The number of ether oxygens (including phenoxy) is 1. The summed E-state index contributed by atoms with van der Waals surface area (Å²) >= 11 is 0. The summed E-state index contributed by atoms with van der Waals surface area (Å²) in [6.07, 6.45) is -0.607. The Labute approximate surface area is 194 Å². The summed E-state index contributed by atoms with van der Waals surface area (Å²) in [4.78, 5) is 38.1. The highest BCUT2D eigenvalue weighted by atomic mass is 16.5. The van der Waals surface area contributed by atoms with Crippen LogP contribution in [0.4, 0.5) is 4.79 Å². The predicted octanol–water partition coefficient (Wildman–Crippen LogP) is 4.26. The molecule has 2 aromatic rings. The molecule has 0 saturated carbocycles. The summed E-state index contributed by atoms with van der Waals surface area (Å²) in [5, 5.41) is 11.9. The number of carbonyl (C=O) groups is 3. The van der Waals surface area contributed by atoms with Gasteiger partial charge in [0.2, 0.25) is 5.91 Å². The van der Waals surface area contributed by atoms with E-state index < -0.39 is 36.1 Å². The number of amides is 2. The van der Waals surface area contributed by atoms with Gasteiger partial charge < -0.3 is 20.1 Å². The fourth-order valence-corrected chi connectivity index (χ4v) is 4.19. The van der Waals surface area contributed by atoms with Crippen LogP contribution in [-0.4, -0.2) is 52.7 Å². The monoisotopic (exact) mass is 452 g/mol. The van der Waals surface area contributed by atoms with Crippen LogP contribution >= 0.6 is 0 Å². The van der Waals surface area contributed by atoms with E-state index in [0.717, 1.165) is 22.3 Å². The lowest BCUT2D eigenvalue weighted by Crippen LogP contribution is -2.53. The van der Waals surface area contributed by atoms with Gasteiger partial charge in [-0.25, -0.2) is 4.79 Å². The average molecular weight is 453 g/mol. The summed E-state index contributed by atoms with van der Waals surface area (Å²) in [6.45, 7) is 8.52. The van der Waals surface area contributed by atoms with E-state index in [-0.39, 0.29) is 18.4 Å². The largest absolute Gasteiger partial charge is 0.480 e. The molecule has 2 amide bonds. The number of carbonyl (C=O) groups excluding carboxylic acids is 2. The lowest BCUT2D eigenvalue weighted by Gasteiger charge is -2.37. The standard InChI is InChI=1S/C26H32N2O5/c1-16(24(31)28(14-23(29)30)26(3,4)5)17(2)27-25(32)33-15-22-20-12-8-6-10-18(20)19-11-7-9-13-21(19)22/h6-13,16-17,22H,14-15H2,1-5H3,(H,27,32)(H,29,30). The Bertz CT molecular complexity index is 997. The van der Waals surface area contributed by atoms with Crippen molar-refractivity contribution in [3.8, 4) is 11.1 Å². The van der Waals surface area contributed by atoms with Crippen LogP contribution in [0, 0.1) is 5.92 Å². The Morgan fingerprint density at radius 3 is 2.00 bits per heavy atom. The van der Waals surface area contributed by atoms with Gasteiger partial charge in [0.1, 0.15) is 13.2 Å². The average Bonchev–Trinajstić information content (AvgIpc) is 3.08. The fraction of sp³-hybridized carbons (Fsp3) is 0.423. The first-order valence-electron chi connectivity index (χ1n) is 11.2. The number of alkyl carbamates (subject to hydrolysis) is 1. The van der Waals surface area contributed by atoms with Gasteiger partial charge >= 0.3 is 12.1 Å². The highest BCUT2D eigenvalue weighted by molar-refractivity contribution is 5.84. The van der Waals surface area contributed by atoms with E-state index in [0.29, 0.717) is 0 Å². The van der Waals surface area contributed by atoms with Crippen LogP contribution in [0.15, 0.2) is 48.5 Å². The van der Waals surface area contributed by atoms with Gasteiger partial charge in [0.05, 0.1) is 5.92 Å². The molecule has 2 aromatic carbocycles. The second-order valence-corrected chi connectivity index (χ2v) is 9.54. The maximum Gasteiger partial charge on any atom is 0.407 e. The Balaban J connectivity index is 1.63. The molecule has 0 heterocycles. The molecular weight excluding hydrogens is 420 g/mol. The molecule has 2 unspecified atom stereocenters. The summed E-state index contributed by atoms with van der Waals surface area (Å²) in [5.41, 5.74) is 3.88. The third kappa shape index (κ3) is 5.35. The minimum atomic E-state index is -1.08. The second-order valence-electron chi connectivity index (χ2n) is 9.54. The number of nitrogens with zero attached hydrogens (tertiary/aromatic N) is 1. The molecule has 0 saturated heterocycles. The number of aliphatic carboxylic acids is 1. The number of hydrogen-bond acceptors (Lipinski definition) is 4. The molecule has 7 heteroatoms. The summed E-state index contributed by atoms with van der Waals surface area (Å²) < 4.78 is 5.56. The van der Waals surface area contributed by atoms with Crippen molar-refractivity contribution in [2.24, 2.45) is 5.92 Å². The second kappa shape index (κ2) is 9.65. The Kier molecular flexibility index (Phi) is 7.10. The number of rotatable bonds is 7. The zero-order valence-corrected chi connectivity index (χ0v) is 19.8. The molecule has 33 heavy (non-hydrogen) atoms. The molecule has 0 radical (unpaired) electrons. The Morgan fingerprint density at radius 2 is 1.52 bits per heavy atom. The van der Waals surface area contributed by atoms with Crippen LogP contribution in [0.1, 0.15) is 51.7 Å². The number of fused-ring (bicyclic) bond motifs is 3. The van der Waals surface area contributed by atoms with Gasteiger partial charge in [0, 0.05) is 17.5 Å². The molecule has 1 aliphatic rings. The van der Waals surface area contributed by atoms with E-state index >= 15 is 0 Å². The quantitative estimate of drug-likeness (QED) is 0.654. The van der Waals surface area contributed by atoms with Crippen LogP contribution in [0.3, 0.4) is 0 Å². The van der Waals surface area contributed by atoms with Crippen LogP contribution < -0.4 is 5.32 Å². The molecule has 0 fully saturated rings. The maximum atomic E-state index is 13.0. The smallest absolute Gasteiger partial charge is 0.407 e. The van der Waals surface area contributed by atoms with Crippen molar-refractivity contribution in [3.05, 3.63) is 59.7 Å². The lowest BCUT2D eigenvalue weighted by atomic mass is 9.97. The summed E-state index contributed by atoms with van der Waals surface area (Å²) in [7, 11) is 0. The third-order valence-electron chi connectivity index (χ3n) is 6.20. The van der Waals surface area contributed by atoms with Gasteiger partial charge in [0.25, 0.3) is 0 Å². The topological polar surface area (TPSA) is 95.9 Å². The highest BCUT2D eigenvalue weighted by Gasteiger charge is 2.34. The first kappa shape index (κ1) is 24.3. The van der Waals surface area contributed by atoms with E-state index in [2.05, 4.69) is 17.4 Å². The number of benzene rings is 2. The highest BCUT2D eigenvalue weighted by Crippen LogP contribution is 2.44. The van der Waals surface area contributed by atoms with Crippen molar-refractivity contribution in [2.75, 3.05) is 13.2 Å². The minimum absolute atomic E-state index is 0.0514. The van der Waals surface area contributed by atoms with Gasteiger partial charge in [-0.2, -0.15) is 0 Å². The normalized spacial score (nSPS) is 14.6. The van der Waals surface area contributed by atoms with Crippen LogP contribution in [-0.2, 0) is 14.3 Å². The fourth-order valence-electron chi connectivity index (χ4n) is 4.19. The molecule has 2 atom stereocenters. The van der Waals surface area contributed by atoms with E-state index in [1.165, 1.54) is 4.90 Å². The minimum Gasteiger partial charge on any atom is -0.480 e.